The van der Waals surface area contributed by atoms with Gasteiger partial charge in [0.15, 0.2) is 0 Å². The minimum absolute atomic E-state index is 0.579. The lowest BCUT2D eigenvalue weighted by Crippen LogP contribution is -2.41. The minimum Gasteiger partial charge on any atom is -0.383 e. The Kier molecular flexibility index (Phi) is 4.37. The molecule has 0 radical (unpaired) electrons. The average Bonchev–Trinajstić information content (AvgIpc) is 2.26. The molecule has 1 atom stereocenters. The summed E-state index contributed by atoms with van der Waals surface area (Å²) in [7, 11) is 0. The summed E-state index contributed by atoms with van der Waals surface area (Å²) in [4.78, 5) is 4.17. The molecule has 2 rings (SSSR count). The lowest BCUT2D eigenvalue weighted by Gasteiger charge is -2.34. The normalized spacial score (nSPS) is 17.7. The molecule has 3 heteroatoms. The number of nitrogens with zero attached hydrogens (tertiary/aromatic N) is 1. The second kappa shape index (κ2) is 6.01. The van der Waals surface area contributed by atoms with Crippen LogP contribution in [0.15, 0.2) is 18.3 Å². The van der Waals surface area contributed by atoms with Gasteiger partial charge in [-0.2, -0.15) is 0 Å². The van der Waals surface area contributed by atoms with Crippen LogP contribution in [0.5, 0.6) is 0 Å². The Morgan fingerprint density at radius 1 is 1.53 bits per heavy atom. The highest BCUT2D eigenvalue weighted by Crippen LogP contribution is 2.31. The van der Waals surface area contributed by atoms with Gasteiger partial charge in [-0.25, -0.2) is 4.98 Å². The Morgan fingerprint density at radius 3 is 2.94 bits per heavy atom. The van der Waals surface area contributed by atoms with E-state index in [1.165, 1.54) is 31.2 Å². The maximum atomic E-state index is 5.92. The molecule has 3 nitrogen and oxygen atoms in total. The van der Waals surface area contributed by atoms with Crippen LogP contribution in [0.1, 0.15) is 38.2 Å². The Labute approximate surface area is 104 Å². The largest absolute Gasteiger partial charge is 0.383 e. The highest BCUT2D eigenvalue weighted by Gasteiger charge is 2.27. The molecule has 0 aromatic carbocycles. The molecule has 0 saturated heterocycles. The summed E-state index contributed by atoms with van der Waals surface area (Å²) in [6.45, 7) is 3.31. The molecule has 1 fully saturated rings. The van der Waals surface area contributed by atoms with Gasteiger partial charge >= 0.3 is 0 Å². The molecule has 17 heavy (non-hydrogen) atoms. The van der Waals surface area contributed by atoms with E-state index in [1.807, 2.05) is 6.07 Å². The average molecular weight is 233 g/mol. The van der Waals surface area contributed by atoms with E-state index in [0.29, 0.717) is 11.9 Å². The predicted octanol–water partition coefficient (Wildman–Crippen LogP) is 2.37. The number of anilines is 1. The summed E-state index contributed by atoms with van der Waals surface area (Å²) in [5.74, 6) is 1.52. The van der Waals surface area contributed by atoms with Gasteiger partial charge in [0.2, 0.25) is 0 Å². The summed E-state index contributed by atoms with van der Waals surface area (Å²) in [6.07, 6.45) is 8.08. The molecule has 0 aliphatic heterocycles. The zero-order valence-electron chi connectivity index (χ0n) is 10.7. The third kappa shape index (κ3) is 3.19. The van der Waals surface area contributed by atoms with Crippen LogP contribution in [0.25, 0.3) is 0 Å². The van der Waals surface area contributed by atoms with Crippen molar-refractivity contribution < 1.29 is 0 Å². The van der Waals surface area contributed by atoms with Crippen LogP contribution in [0.3, 0.4) is 0 Å². The van der Waals surface area contributed by atoms with E-state index in [0.717, 1.165) is 18.9 Å². The van der Waals surface area contributed by atoms with Crippen LogP contribution in [0, 0.1) is 5.92 Å². The predicted molar refractivity (Wildman–Crippen MR) is 71.8 cm³/mol. The van der Waals surface area contributed by atoms with Crippen LogP contribution in [-0.2, 0) is 6.42 Å². The van der Waals surface area contributed by atoms with Gasteiger partial charge < -0.3 is 11.1 Å². The first kappa shape index (κ1) is 12.4. The Hall–Kier alpha value is -1.09. The number of aromatic nitrogens is 1. The number of nitrogens with two attached hydrogens (primary N) is 1. The van der Waals surface area contributed by atoms with Crippen molar-refractivity contribution in [2.45, 2.75) is 45.1 Å². The first-order valence-electron chi connectivity index (χ1n) is 6.74. The summed E-state index contributed by atoms with van der Waals surface area (Å²) < 4.78 is 0. The highest BCUT2D eigenvalue weighted by molar-refractivity contribution is 5.39. The second-order valence-corrected chi connectivity index (χ2v) is 5.00. The van der Waals surface area contributed by atoms with Gasteiger partial charge in [-0.15, -0.1) is 0 Å². The van der Waals surface area contributed by atoms with E-state index in [2.05, 4.69) is 23.3 Å². The molecule has 1 aliphatic carbocycles. The molecule has 0 spiro atoms. The maximum Gasteiger partial charge on any atom is 0.126 e. The molecular formula is C14H23N3. The topological polar surface area (TPSA) is 50.9 Å². The third-order valence-corrected chi connectivity index (χ3v) is 3.74. The first-order valence-corrected chi connectivity index (χ1v) is 6.74. The maximum absolute atomic E-state index is 5.92. The number of hydrogen-bond donors (Lipinski definition) is 2. The zero-order valence-corrected chi connectivity index (χ0v) is 10.7. The van der Waals surface area contributed by atoms with Crippen LogP contribution < -0.4 is 11.1 Å². The number of hydrogen-bond acceptors (Lipinski definition) is 3. The highest BCUT2D eigenvalue weighted by atomic mass is 14.9. The van der Waals surface area contributed by atoms with Crippen molar-refractivity contribution in [2.24, 2.45) is 5.92 Å². The van der Waals surface area contributed by atoms with Gasteiger partial charge in [-0.05, 0) is 49.8 Å². The quantitative estimate of drug-likeness (QED) is 0.793. The summed E-state index contributed by atoms with van der Waals surface area (Å²) >= 11 is 0. The van der Waals surface area contributed by atoms with Gasteiger partial charge in [0, 0.05) is 12.2 Å². The molecule has 1 unspecified atom stereocenters. The van der Waals surface area contributed by atoms with Gasteiger partial charge in [0.05, 0.1) is 0 Å². The number of nitrogen functional groups attached to an aromatic ring is 1. The van der Waals surface area contributed by atoms with Crippen LogP contribution in [0.4, 0.5) is 5.82 Å². The van der Waals surface area contributed by atoms with Crippen molar-refractivity contribution in [1.29, 1.82) is 0 Å². The van der Waals surface area contributed by atoms with E-state index in [-0.39, 0.29) is 0 Å². The molecule has 3 N–H and O–H groups in total. The number of pyridine rings is 1. The van der Waals surface area contributed by atoms with E-state index < -0.39 is 0 Å². The third-order valence-electron chi connectivity index (χ3n) is 3.74. The van der Waals surface area contributed by atoms with E-state index in [9.17, 15) is 0 Å². The minimum atomic E-state index is 0.579. The van der Waals surface area contributed by atoms with Crippen molar-refractivity contribution in [3.05, 3.63) is 23.9 Å². The Balaban J connectivity index is 1.98. The van der Waals surface area contributed by atoms with Crippen LogP contribution >= 0.6 is 0 Å². The van der Waals surface area contributed by atoms with Crippen LogP contribution in [-0.4, -0.2) is 17.6 Å². The van der Waals surface area contributed by atoms with Gasteiger partial charge in [0.25, 0.3) is 0 Å². The molecule has 94 valence electrons. The van der Waals surface area contributed by atoms with Crippen molar-refractivity contribution in [3.63, 3.8) is 0 Å². The van der Waals surface area contributed by atoms with Gasteiger partial charge in [-0.3, -0.25) is 0 Å². The molecular weight excluding hydrogens is 210 g/mol. The fourth-order valence-electron chi connectivity index (χ4n) is 2.44. The summed E-state index contributed by atoms with van der Waals surface area (Å²) in [6, 6.07) is 4.65. The molecule has 1 saturated carbocycles. The van der Waals surface area contributed by atoms with E-state index >= 15 is 0 Å². The SMILES string of the molecule is CCCNC(Cc1cccnc1N)C1CCC1. The Morgan fingerprint density at radius 2 is 2.35 bits per heavy atom. The van der Waals surface area contributed by atoms with Crippen molar-refractivity contribution in [3.8, 4) is 0 Å². The first-order chi connectivity index (χ1) is 8.31. The Bertz CT molecular complexity index is 347. The van der Waals surface area contributed by atoms with E-state index in [1.54, 1.807) is 6.20 Å². The molecule has 0 bridgehead atoms. The summed E-state index contributed by atoms with van der Waals surface area (Å²) in [5, 5.41) is 3.66. The lowest BCUT2D eigenvalue weighted by molar-refractivity contribution is 0.227. The monoisotopic (exact) mass is 233 g/mol. The fraction of sp³-hybridized carbons (Fsp3) is 0.643. The van der Waals surface area contributed by atoms with Crippen molar-refractivity contribution >= 4 is 5.82 Å². The second-order valence-electron chi connectivity index (χ2n) is 5.00. The molecule has 1 aromatic heterocycles. The fourth-order valence-corrected chi connectivity index (χ4v) is 2.44. The smallest absolute Gasteiger partial charge is 0.126 e. The lowest BCUT2D eigenvalue weighted by atomic mass is 9.77. The standard InChI is InChI=1S/C14H23N3/c1-2-8-16-13(11-5-3-6-11)10-12-7-4-9-17-14(12)15/h4,7,9,11,13,16H,2-3,5-6,8,10H2,1H3,(H2,15,17). The van der Waals surface area contributed by atoms with Gasteiger partial charge in [-0.1, -0.05) is 19.4 Å². The molecule has 0 amide bonds. The summed E-state index contributed by atoms with van der Waals surface area (Å²) in [5.41, 5.74) is 7.11. The van der Waals surface area contributed by atoms with Crippen LogP contribution in [0.2, 0.25) is 0 Å². The van der Waals surface area contributed by atoms with Gasteiger partial charge in [0.1, 0.15) is 5.82 Å². The zero-order chi connectivity index (χ0) is 12.1. The number of nitrogens with one attached hydrogen (secondary N) is 1. The number of rotatable bonds is 6. The molecule has 1 heterocycles. The van der Waals surface area contributed by atoms with Crippen molar-refractivity contribution in [2.75, 3.05) is 12.3 Å². The van der Waals surface area contributed by atoms with Crippen molar-refractivity contribution in [1.82, 2.24) is 10.3 Å². The van der Waals surface area contributed by atoms with E-state index in [4.69, 9.17) is 5.73 Å². The molecule has 1 aromatic rings. The molecule has 1 aliphatic rings.